The normalized spacial score (nSPS) is 26.7. The third-order valence-corrected chi connectivity index (χ3v) is 4.16. The summed E-state index contributed by atoms with van der Waals surface area (Å²) in [4.78, 5) is 0. The molecular formula is C12H17NS. The Balaban J connectivity index is 2.41. The van der Waals surface area contributed by atoms with Gasteiger partial charge in [-0.15, -0.1) is 0 Å². The first-order valence-corrected chi connectivity index (χ1v) is 6.25. The van der Waals surface area contributed by atoms with Gasteiger partial charge in [-0.05, 0) is 37.3 Å². The topological polar surface area (TPSA) is 12.0 Å². The molecule has 0 aliphatic carbocycles. The molecule has 0 bridgehead atoms. The number of hydrogen-bond acceptors (Lipinski definition) is 2. The molecule has 0 amide bonds. The predicted octanol–water partition coefficient (Wildman–Crippen LogP) is 3.15. The number of hydrogen-bond donors (Lipinski definition) is 1. The molecule has 14 heavy (non-hydrogen) atoms. The minimum Gasteiger partial charge on any atom is -0.313 e. The van der Waals surface area contributed by atoms with Crippen LogP contribution in [-0.2, 0) is 0 Å². The van der Waals surface area contributed by atoms with Gasteiger partial charge in [0.1, 0.15) is 0 Å². The third-order valence-electron chi connectivity index (χ3n) is 2.93. The Labute approximate surface area is 90.3 Å². The molecule has 0 fully saturated rings. The number of thioether (sulfide) groups is 1. The van der Waals surface area contributed by atoms with Crippen molar-refractivity contribution >= 4 is 11.8 Å². The SMILES string of the molecule is CNC1CCSC(C)c2ccccc21. The first-order chi connectivity index (χ1) is 6.83. The molecule has 0 saturated carbocycles. The smallest absolute Gasteiger partial charge is 0.0328 e. The molecule has 0 aromatic heterocycles. The lowest BCUT2D eigenvalue weighted by molar-refractivity contribution is 0.580. The average Bonchev–Trinajstić information content (AvgIpc) is 2.39. The quantitative estimate of drug-likeness (QED) is 0.759. The molecule has 2 rings (SSSR count). The van der Waals surface area contributed by atoms with E-state index < -0.39 is 0 Å². The van der Waals surface area contributed by atoms with Crippen LogP contribution in [-0.4, -0.2) is 12.8 Å². The lowest BCUT2D eigenvalue weighted by Crippen LogP contribution is -2.17. The molecule has 1 N–H and O–H groups in total. The second-order valence-electron chi connectivity index (χ2n) is 3.77. The molecule has 76 valence electrons. The highest BCUT2D eigenvalue weighted by molar-refractivity contribution is 7.99. The highest BCUT2D eigenvalue weighted by Gasteiger charge is 2.20. The highest BCUT2D eigenvalue weighted by atomic mass is 32.2. The lowest BCUT2D eigenvalue weighted by Gasteiger charge is -2.17. The zero-order valence-corrected chi connectivity index (χ0v) is 9.60. The molecular weight excluding hydrogens is 190 g/mol. The van der Waals surface area contributed by atoms with Crippen LogP contribution in [0.5, 0.6) is 0 Å². The van der Waals surface area contributed by atoms with E-state index in [4.69, 9.17) is 0 Å². The van der Waals surface area contributed by atoms with E-state index >= 15 is 0 Å². The van der Waals surface area contributed by atoms with Crippen molar-refractivity contribution in [3.05, 3.63) is 35.4 Å². The number of fused-ring (bicyclic) bond motifs is 1. The van der Waals surface area contributed by atoms with E-state index in [1.807, 2.05) is 0 Å². The van der Waals surface area contributed by atoms with E-state index in [0.717, 1.165) is 0 Å². The summed E-state index contributed by atoms with van der Waals surface area (Å²) in [7, 11) is 2.06. The second kappa shape index (κ2) is 4.37. The molecule has 0 radical (unpaired) electrons. The fourth-order valence-electron chi connectivity index (χ4n) is 2.11. The standard InChI is InChI=1S/C12H17NS/c1-9-10-5-3-4-6-11(10)12(13-2)7-8-14-9/h3-6,9,12-13H,7-8H2,1-2H3. The van der Waals surface area contributed by atoms with Crippen LogP contribution in [0.4, 0.5) is 0 Å². The number of rotatable bonds is 1. The zero-order valence-electron chi connectivity index (χ0n) is 8.79. The summed E-state index contributed by atoms with van der Waals surface area (Å²) in [6, 6.07) is 9.37. The predicted molar refractivity (Wildman–Crippen MR) is 63.7 cm³/mol. The van der Waals surface area contributed by atoms with Gasteiger partial charge >= 0.3 is 0 Å². The number of nitrogens with one attached hydrogen (secondary N) is 1. The van der Waals surface area contributed by atoms with Gasteiger partial charge in [-0.25, -0.2) is 0 Å². The summed E-state index contributed by atoms with van der Waals surface area (Å²) in [6.45, 7) is 2.31. The minimum atomic E-state index is 0.545. The van der Waals surface area contributed by atoms with Gasteiger partial charge in [0.05, 0.1) is 0 Å². The van der Waals surface area contributed by atoms with Crippen LogP contribution < -0.4 is 5.32 Å². The van der Waals surface area contributed by atoms with E-state index in [2.05, 4.69) is 55.3 Å². The van der Waals surface area contributed by atoms with E-state index in [9.17, 15) is 0 Å². The molecule has 1 aliphatic heterocycles. The van der Waals surface area contributed by atoms with Crippen LogP contribution in [0.15, 0.2) is 24.3 Å². The van der Waals surface area contributed by atoms with Gasteiger partial charge in [0.15, 0.2) is 0 Å². The Morgan fingerprint density at radius 2 is 2.00 bits per heavy atom. The lowest BCUT2D eigenvalue weighted by atomic mass is 9.97. The van der Waals surface area contributed by atoms with Crippen LogP contribution in [0, 0.1) is 0 Å². The van der Waals surface area contributed by atoms with Crippen LogP contribution in [0.25, 0.3) is 0 Å². The van der Waals surface area contributed by atoms with Crippen molar-refractivity contribution in [1.29, 1.82) is 0 Å². The van der Waals surface area contributed by atoms with Crippen molar-refractivity contribution in [2.75, 3.05) is 12.8 Å². The van der Waals surface area contributed by atoms with Crippen LogP contribution >= 0.6 is 11.8 Å². The van der Waals surface area contributed by atoms with Gasteiger partial charge in [0.25, 0.3) is 0 Å². The zero-order chi connectivity index (χ0) is 9.97. The molecule has 2 heteroatoms. The molecule has 2 atom stereocenters. The molecule has 1 aliphatic rings. The van der Waals surface area contributed by atoms with Crippen LogP contribution in [0.3, 0.4) is 0 Å². The fourth-order valence-corrected chi connectivity index (χ4v) is 3.23. The fraction of sp³-hybridized carbons (Fsp3) is 0.500. The second-order valence-corrected chi connectivity index (χ2v) is 5.22. The van der Waals surface area contributed by atoms with Crippen molar-refractivity contribution in [3.8, 4) is 0 Å². The monoisotopic (exact) mass is 207 g/mol. The van der Waals surface area contributed by atoms with Gasteiger partial charge in [0, 0.05) is 11.3 Å². The molecule has 0 saturated heterocycles. The molecule has 1 aromatic carbocycles. The van der Waals surface area contributed by atoms with Gasteiger partial charge in [-0.3, -0.25) is 0 Å². The van der Waals surface area contributed by atoms with Crippen molar-refractivity contribution < 1.29 is 0 Å². The molecule has 1 nitrogen and oxygen atoms in total. The molecule has 2 unspecified atom stereocenters. The Hall–Kier alpha value is -0.470. The third kappa shape index (κ3) is 1.82. The van der Waals surface area contributed by atoms with E-state index in [-0.39, 0.29) is 0 Å². The summed E-state index contributed by atoms with van der Waals surface area (Å²) in [6.07, 6.45) is 1.24. The first kappa shape index (κ1) is 10.1. The summed E-state index contributed by atoms with van der Waals surface area (Å²) in [5, 5.41) is 4.05. The molecule has 1 heterocycles. The van der Waals surface area contributed by atoms with Crippen molar-refractivity contribution in [1.82, 2.24) is 5.32 Å². The first-order valence-electron chi connectivity index (χ1n) is 5.20. The Bertz CT molecular complexity index is 311. The van der Waals surface area contributed by atoms with Gasteiger partial charge in [-0.1, -0.05) is 24.3 Å². The van der Waals surface area contributed by atoms with E-state index in [1.54, 1.807) is 0 Å². The molecule has 0 spiro atoms. The van der Waals surface area contributed by atoms with Crippen molar-refractivity contribution in [2.45, 2.75) is 24.6 Å². The Kier molecular flexibility index (Phi) is 3.14. The van der Waals surface area contributed by atoms with Gasteiger partial charge in [0.2, 0.25) is 0 Å². The van der Waals surface area contributed by atoms with Crippen LogP contribution in [0.1, 0.15) is 35.8 Å². The summed E-state index contributed by atoms with van der Waals surface area (Å²) in [5.74, 6) is 1.25. The summed E-state index contributed by atoms with van der Waals surface area (Å²) >= 11 is 2.06. The van der Waals surface area contributed by atoms with Gasteiger partial charge < -0.3 is 5.32 Å². The van der Waals surface area contributed by atoms with E-state index in [0.29, 0.717) is 11.3 Å². The maximum atomic E-state index is 3.41. The van der Waals surface area contributed by atoms with E-state index in [1.165, 1.54) is 23.3 Å². The maximum absolute atomic E-state index is 3.41. The van der Waals surface area contributed by atoms with Crippen LogP contribution in [0.2, 0.25) is 0 Å². The highest BCUT2D eigenvalue weighted by Crippen LogP contribution is 2.38. The number of benzene rings is 1. The summed E-state index contributed by atoms with van der Waals surface area (Å²) in [5.41, 5.74) is 3.00. The average molecular weight is 207 g/mol. The Morgan fingerprint density at radius 3 is 2.71 bits per heavy atom. The van der Waals surface area contributed by atoms with Crippen molar-refractivity contribution in [2.24, 2.45) is 0 Å². The van der Waals surface area contributed by atoms with Crippen molar-refractivity contribution in [3.63, 3.8) is 0 Å². The largest absolute Gasteiger partial charge is 0.313 e. The summed E-state index contributed by atoms with van der Waals surface area (Å²) < 4.78 is 0. The van der Waals surface area contributed by atoms with Gasteiger partial charge in [-0.2, -0.15) is 11.8 Å². The maximum Gasteiger partial charge on any atom is 0.0328 e. The molecule has 1 aromatic rings. The Morgan fingerprint density at radius 1 is 1.29 bits per heavy atom. The minimum absolute atomic E-state index is 0.545.